The minimum Gasteiger partial charge on any atom is -0.314 e. The predicted octanol–water partition coefficient (Wildman–Crippen LogP) is 3.55. The van der Waals surface area contributed by atoms with Crippen molar-refractivity contribution in [3.63, 3.8) is 0 Å². The van der Waals surface area contributed by atoms with Gasteiger partial charge >= 0.3 is 0 Å². The molecule has 19 heavy (non-hydrogen) atoms. The van der Waals surface area contributed by atoms with Crippen LogP contribution in [0.2, 0.25) is 0 Å². The Morgan fingerprint density at radius 2 is 1.68 bits per heavy atom. The molecule has 0 saturated carbocycles. The van der Waals surface area contributed by atoms with Gasteiger partial charge in [-0.05, 0) is 57.1 Å². The lowest BCUT2D eigenvalue weighted by Gasteiger charge is -2.09. The summed E-state index contributed by atoms with van der Waals surface area (Å²) in [5.74, 6) is 0.795. The summed E-state index contributed by atoms with van der Waals surface area (Å²) in [7, 11) is 1.92. The van der Waals surface area contributed by atoms with E-state index in [1.165, 1.54) is 11.1 Å². The van der Waals surface area contributed by atoms with Crippen LogP contribution in [0.3, 0.4) is 0 Å². The number of aryl methyl sites for hydroxylation is 3. The first-order valence-electron chi connectivity index (χ1n) is 6.27. The molecule has 1 aromatic heterocycles. The molecule has 0 unspecified atom stereocenters. The summed E-state index contributed by atoms with van der Waals surface area (Å²) >= 11 is 3.59. The molecule has 0 radical (unpaired) electrons. The zero-order valence-electron chi connectivity index (χ0n) is 11.7. The molecule has 0 aliphatic heterocycles. The Kier molecular flexibility index (Phi) is 4.32. The van der Waals surface area contributed by atoms with Crippen molar-refractivity contribution in [3.05, 3.63) is 45.2 Å². The van der Waals surface area contributed by atoms with Crippen molar-refractivity contribution < 1.29 is 0 Å². The van der Waals surface area contributed by atoms with Gasteiger partial charge in [-0.3, -0.25) is 0 Å². The van der Waals surface area contributed by atoms with Gasteiger partial charge in [0.15, 0.2) is 5.82 Å². The third kappa shape index (κ3) is 3.19. The molecule has 0 aliphatic carbocycles. The summed E-state index contributed by atoms with van der Waals surface area (Å²) in [4.78, 5) is 9.16. The van der Waals surface area contributed by atoms with Gasteiger partial charge in [0.25, 0.3) is 0 Å². The highest BCUT2D eigenvalue weighted by Gasteiger charge is 2.08. The fraction of sp³-hybridized carbons (Fsp3) is 0.333. The van der Waals surface area contributed by atoms with E-state index < -0.39 is 0 Å². The number of nitrogens with zero attached hydrogens (tertiary/aromatic N) is 2. The molecule has 100 valence electrons. The lowest BCUT2D eigenvalue weighted by molar-refractivity contribution is 0.785. The summed E-state index contributed by atoms with van der Waals surface area (Å²) in [5.41, 5.74) is 5.49. The quantitative estimate of drug-likeness (QED) is 0.940. The second kappa shape index (κ2) is 5.80. The largest absolute Gasteiger partial charge is 0.314 e. The van der Waals surface area contributed by atoms with Crippen LogP contribution in [0, 0.1) is 20.8 Å². The van der Waals surface area contributed by atoms with Gasteiger partial charge in [0, 0.05) is 22.3 Å². The molecule has 0 saturated heterocycles. The van der Waals surface area contributed by atoms with Crippen molar-refractivity contribution in [1.82, 2.24) is 15.3 Å². The van der Waals surface area contributed by atoms with Gasteiger partial charge in [0.1, 0.15) is 0 Å². The zero-order valence-corrected chi connectivity index (χ0v) is 13.3. The maximum Gasteiger partial charge on any atom is 0.159 e. The number of benzene rings is 1. The lowest BCUT2D eigenvalue weighted by atomic mass is 10.1. The molecule has 0 spiro atoms. The van der Waals surface area contributed by atoms with Crippen LogP contribution in [0.1, 0.15) is 22.5 Å². The van der Waals surface area contributed by atoms with E-state index in [2.05, 4.69) is 57.2 Å². The Balaban J connectivity index is 2.52. The van der Waals surface area contributed by atoms with Crippen molar-refractivity contribution in [1.29, 1.82) is 0 Å². The number of halogens is 1. The highest BCUT2D eigenvalue weighted by atomic mass is 79.9. The van der Waals surface area contributed by atoms with Gasteiger partial charge in [-0.25, -0.2) is 9.97 Å². The molecule has 1 N–H and O–H groups in total. The Hall–Kier alpha value is -1.26. The lowest BCUT2D eigenvalue weighted by Crippen LogP contribution is -2.08. The van der Waals surface area contributed by atoms with Crippen LogP contribution in [0.25, 0.3) is 11.4 Å². The van der Waals surface area contributed by atoms with Crippen molar-refractivity contribution in [2.45, 2.75) is 27.3 Å². The molecule has 0 fully saturated rings. The molecular weight excluding hydrogens is 302 g/mol. The van der Waals surface area contributed by atoms with Gasteiger partial charge in [-0.2, -0.15) is 0 Å². The Bertz CT molecular complexity index is 585. The average Bonchev–Trinajstić information content (AvgIpc) is 2.35. The molecular formula is C15H18BrN3. The standard InChI is InChI=1S/C15H18BrN3/c1-9-5-12(6-10(2)14(9)16)15-18-11(3)7-13(19-15)8-17-4/h5-7,17H,8H2,1-4H3. The van der Waals surface area contributed by atoms with Crippen LogP contribution in [-0.4, -0.2) is 17.0 Å². The van der Waals surface area contributed by atoms with Crippen molar-refractivity contribution in [2.24, 2.45) is 0 Å². The minimum absolute atomic E-state index is 0.755. The number of nitrogens with one attached hydrogen (secondary N) is 1. The minimum atomic E-state index is 0.755. The van der Waals surface area contributed by atoms with Crippen LogP contribution >= 0.6 is 15.9 Å². The molecule has 4 heteroatoms. The van der Waals surface area contributed by atoms with E-state index >= 15 is 0 Å². The van der Waals surface area contributed by atoms with E-state index in [-0.39, 0.29) is 0 Å². The van der Waals surface area contributed by atoms with E-state index in [4.69, 9.17) is 0 Å². The van der Waals surface area contributed by atoms with E-state index in [1.54, 1.807) is 0 Å². The average molecular weight is 320 g/mol. The predicted molar refractivity (Wildman–Crippen MR) is 82.1 cm³/mol. The van der Waals surface area contributed by atoms with Gasteiger partial charge < -0.3 is 5.32 Å². The second-order valence-electron chi connectivity index (χ2n) is 4.78. The number of hydrogen-bond acceptors (Lipinski definition) is 3. The topological polar surface area (TPSA) is 37.8 Å². The first-order chi connectivity index (χ1) is 9.01. The van der Waals surface area contributed by atoms with Crippen LogP contribution in [0.15, 0.2) is 22.7 Å². The Labute approximate surface area is 122 Å². The van der Waals surface area contributed by atoms with Crippen LogP contribution in [-0.2, 0) is 6.54 Å². The monoisotopic (exact) mass is 319 g/mol. The first kappa shape index (κ1) is 14.2. The number of aromatic nitrogens is 2. The summed E-state index contributed by atoms with van der Waals surface area (Å²) in [6.45, 7) is 6.93. The van der Waals surface area contributed by atoms with Crippen molar-refractivity contribution in [3.8, 4) is 11.4 Å². The molecule has 0 amide bonds. The fourth-order valence-corrected chi connectivity index (χ4v) is 2.34. The number of hydrogen-bond donors (Lipinski definition) is 1. The van der Waals surface area contributed by atoms with E-state index in [9.17, 15) is 0 Å². The van der Waals surface area contributed by atoms with Gasteiger partial charge in [0.05, 0.1) is 5.69 Å². The first-order valence-corrected chi connectivity index (χ1v) is 7.07. The van der Waals surface area contributed by atoms with Crippen LogP contribution in [0.5, 0.6) is 0 Å². The third-order valence-electron chi connectivity index (χ3n) is 2.96. The van der Waals surface area contributed by atoms with Crippen LogP contribution in [0.4, 0.5) is 0 Å². The summed E-state index contributed by atoms with van der Waals surface area (Å²) in [6, 6.07) is 6.25. The van der Waals surface area contributed by atoms with Gasteiger partial charge in [-0.1, -0.05) is 15.9 Å². The molecule has 0 bridgehead atoms. The Morgan fingerprint density at radius 1 is 1.05 bits per heavy atom. The van der Waals surface area contributed by atoms with E-state index in [1.807, 2.05) is 20.0 Å². The molecule has 1 heterocycles. The molecule has 3 nitrogen and oxygen atoms in total. The molecule has 0 atom stereocenters. The summed E-state index contributed by atoms with van der Waals surface area (Å²) in [6.07, 6.45) is 0. The van der Waals surface area contributed by atoms with Crippen molar-refractivity contribution in [2.75, 3.05) is 7.05 Å². The summed E-state index contributed by atoms with van der Waals surface area (Å²) < 4.78 is 1.15. The molecule has 1 aromatic carbocycles. The highest BCUT2D eigenvalue weighted by molar-refractivity contribution is 9.10. The SMILES string of the molecule is CNCc1cc(C)nc(-c2cc(C)c(Br)c(C)c2)n1. The summed E-state index contributed by atoms with van der Waals surface area (Å²) in [5, 5.41) is 3.12. The second-order valence-corrected chi connectivity index (χ2v) is 5.57. The molecule has 2 rings (SSSR count). The molecule has 2 aromatic rings. The third-order valence-corrected chi connectivity index (χ3v) is 4.21. The fourth-order valence-electron chi connectivity index (χ4n) is 2.11. The highest BCUT2D eigenvalue weighted by Crippen LogP contribution is 2.27. The maximum absolute atomic E-state index is 4.62. The van der Waals surface area contributed by atoms with Crippen LogP contribution < -0.4 is 5.32 Å². The smallest absolute Gasteiger partial charge is 0.159 e. The van der Waals surface area contributed by atoms with E-state index in [0.29, 0.717) is 0 Å². The van der Waals surface area contributed by atoms with Gasteiger partial charge in [0.2, 0.25) is 0 Å². The van der Waals surface area contributed by atoms with E-state index in [0.717, 1.165) is 33.8 Å². The maximum atomic E-state index is 4.62. The molecule has 0 aliphatic rings. The zero-order chi connectivity index (χ0) is 14.0. The number of rotatable bonds is 3. The Morgan fingerprint density at radius 3 is 2.26 bits per heavy atom. The van der Waals surface area contributed by atoms with Crippen molar-refractivity contribution >= 4 is 15.9 Å². The normalized spacial score (nSPS) is 10.8. The van der Waals surface area contributed by atoms with Gasteiger partial charge in [-0.15, -0.1) is 0 Å².